The Morgan fingerprint density at radius 1 is 0.512 bits per heavy atom. The Hall–Kier alpha value is -9.86. The van der Waals surface area contributed by atoms with Gasteiger partial charge in [-0.15, -0.1) is 11.8 Å². The second-order valence-electron chi connectivity index (χ2n) is 21.4. The summed E-state index contributed by atoms with van der Waals surface area (Å²) in [6, 6.07) is 46.4. The molecule has 8 N–H and O–H groups in total. The molecule has 3 amide bonds. The number of nitrogens with zero attached hydrogens (tertiary/aromatic N) is 5. The molecule has 0 radical (unpaired) electrons. The Labute approximate surface area is 505 Å². The number of benzene rings is 6. The monoisotopic (exact) mass is 1170 g/mol. The summed E-state index contributed by atoms with van der Waals surface area (Å²) < 4.78 is 3.10. The van der Waals surface area contributed by atoms with Crippen LogP contribution in [0, 0.1) is 45.9 Å². The summed E-state index contributed by atoms with van der Waals surface area (Å²) in [6.07, 6.45) is 8.21. The van der Waals surface area contributed by atoms with E-state index < -0.39 is 0 Å². The van der Waals surface area contributed by atoms with Crippen LogP contribution in [0.15, 0.2) is 156 Å². The minimum atomic E-state index is -0.204. The summed E-state index contributed by atoms with van der Waals surface area (Å²) in [5.41, 5.74) is 23.7. The maximum absolute atomic E-state index is 12.9. The topological polar surface area (TPSA) is 262 Å². The predicted molar refractivity (Wildman–Crippen MR) is 339 cm³/mol. The van der Waals surface area contributed by atoms with Gasteiger partial charge in [0.2, 0.25) is 5.78 Å². The average molecular weight is 1170 g/mol. The van der Waals surface area contributed by atoms with Gasteiger partial charge in [-0.2, -0.15) is 15.5 Å². The molecule has 11 rings (SSSR count). The van der Waals surface area contributed by atoms with Crippen LogP contribution >= 0.6 is 11.8 Å². The number of rotatable bonds is 16. The number of anilines is 3. The first-order valence-electron chi connectivity index (χ1n) is 28.4. The Kier molecular flexibility index (Phi) is 20.4. The molecule has 3 aliphatic rings. The average Bonchev–Trinajstić information content (AvgIpc) is 2.66. The van der Waals surface area contributed by atoms with Crippen LogP contribution in [0.5, 0.6) is 0 Å². The fourth-order valence-corrected chi connectivity index (χ4v) is 9.43. The number of carbonyl (C=O) groups excluding carboxylic acids is 6. The number of nitrogen functional groups attached to an aromatic ring is 2. The van der Waals surface area contributed by atoms with Crippen LogP contribution in [0.25, 0.3) is 11.4 Å². The molecule has 3 saturated carbocycles. The van der Waals surface area contributed by atoms with Crippen LogP contribution < -0.4 is 32.7 Å². The van der Waals surface area contributed by atoms with E-state index in [4.69, 9.17) is 16.7 Å². The van der Waals surface area contributed by atoms with Crippen molar-refractivity contribution in [1.29, 1.82) is 5.26 Å². The molecule has 2 heterocycles. The van der Waals surface area contributed by atoms with Crippen LogP contribution in [0.3, 0.4) is 0 Å². The lowest BCUT2D eigenvalue weighted by molar-refractivity contribution is 0.0942. The lowest BCUT2D eigenvalue weighted by atomic mass is 10.0. The molecule has 2 aromatic heterocycles. The highest BCUT2D eigenvalue weighted by Crippen LogP contribution is 2.30. The number of amides is 3. The molecule has 0 atom stereocenters. The maximum atomic E-state index is 12.9. The second-order valence-corrected chi connectivity index (χ2v) is 22.4. The SMILES string of the molecule is CNc1cc(C(=O)NC2CC2)ccc1C.CS/C(C)=C(\C#N)C(=O)c1ccccc1.Cc1ccc(C(=O)NC2CC2)cc1-n1nc(C)c(C(=O)c2ccccc2)c1N.Cc1ccc(C(=O)NC2CC2)cc1-n1nc(C)c(C(=O)c2ccccc2)c1N. The number of nitrogens with two attached hydrogens (primary N) is 2. The minimum absolute atomic E-state index is 0.0361. The van der Waals surface area contributed by atoms with E-state index in [-0.39, 0.29) is 64.4 Å². The molecule has 3 fully saturated rings. The zero-order valence-electron chi connectivity index (χ0n) is 49.6. The predicted octanol–water partition coefficient (Wildman–Crippen LogP) is 11.3. The summed E-state index contributed by atoms with van der Waals surface area (Å²) in [6.45, 7) is 11.2. The second kappa shape index (κ2) is 28.1. The van der Waals surface area contributed by atoms with Crippen molar-refractivity contribution >= 4 is 64.2 Å². The Bertz CT molecular complexity index is 3740. The molecule has 0 spiro atoms. The third-order valence-corrected chi connectivity index (χ3v) is 15.5. The van der Waals surface area contributed by atoms with E-state index in [2.05, 4.69) is 31.5 Å². The van der Waals surface area contributed by atoms with Gasteiger partial charge in [-0.1, -0.05) is 109 Å². The van der Waals surface area contributed by atoms with E-state index in [0.717, 1.165) is 71.4 Å². The maximum Gasteiger partial charge on any atom is 0.251 e. The first-order valence-corrected chi connectivity index (χ1v) is 29.6. The van der Waals surface area contributed by atoms with Crippen molar-refractivity contribution in [2.24, 2.45) is 0 Å². The van der Waals surface area contributed by atoms with Gasteiger partial charge in [0, 0.05) is 69.1 Å². The molecule has 8 aromatic rings. The summed E-state index contributed by atoms with van der Waals surface area (Å²) in [4.78, 5) is 75.0. The zero-order valence-corrected chi connectivity index (χ0v) is 50.4. The molecule has 0 unspecified atom stereocenters. The van der Waals surface area contributed by atoms with Crippen LogP contribution in [0.2, 0.25) is 0 Å². The molecule has 440 valence electrons. The number of aryl methyl sites for hydroxylation is 5. The van der Waals surface area contributed by atoms with Gasteiger partial charge in [0.25, 0.3) is 17.7 Å². The Morgan fingerprint density at radius 2 is 0.860 bits per heavy atom. The highest BCUT2D eigenvalue weighted by atomic mass is 32.2. The third-order valence-electron chi connectivity index (χ3n) is 14.7. The summed E-state index contributed by atoms with van der Waals surface area (Å²) in [5, 5.41) is 29.9. The van der Waals surface area contributed by atoms with Gasteiger partial charge in [0.15, 0.2) is 11.6 Å². The lowest BCUT2D eigenvalue weighted by Crippen LogP contribution is -2.25. The molecule has 18 heteroatoms. The van der Waals surface area contributed by atoms with Crippen molar-refractivity contribution < 1.29 is 28.8 Å². The number of carbonyl (C=O) groups is 6. The van der Waals surface area contributed by atoms with Crippen molar-refractivity contribution in [3.8, 4) is 17.4 Å². The van der Waals surface area contributed by atoms with Crippen molar-refractivity contribution in [2.45, 2.75) is 98.2 Å². The van der Waals surface area contributed by atoms with Crippen molar-refractivity contribution in [3.63, 3.8) is 0 Å². The summed E-state index contributed by atoms with van der Waals surface area (Å²) >= 11 is 1.42. The van der Waals surface area contributed by atoms with Gasteiger partial charge < -0.3 is 32.7 Å². The molecule has 6 aromatic carbocycles. The van der Waals surface area contributed by atoms with Gasteiger partial charge in [-0.3, -0.25) is 28.8 Å². The normalized spacial score (nSPS) is 13.3. The molecule has 17 nitrogen and oxygen atoms in total. The van der Waals surface area contributed by atoms with Gasteiger partial charge in [0.1, 0.15) is 23.3 Å². The fraction of sp³-hybridized carbons (Fsp3) is 0.250. The first-order chi connectivity index (χ1) is 41.3. The van der Waals surface area contributed by atoms with E-state index in [9.17, 15) is 28.8 Å². The quantitative estimate of drug-likeness (QED) is 0.0299. The standard InChI is InChI=1S/2C22H22N4O2.C12H16N2O.C12H11NOS/c2*1-13-8-9-16(22(28)24-17-10-11-17)12-18(13)26-21(23)19(14(2)25-26)20(27)15-6-4-3-5-7-15;1-8-3-4-9(7-11(8)13-2)12(15)14-10-5-6-10;1-9(15-2)11(8-13)12(14)10-6-4-3-5-7-10/h2*3-9,12,17H,10-11,23H2,1-2H3,(H,24,28);3-4,7,10,13H,5-6H2,1-2H3,(H,14,15);3-7H,1-2H3/b;;;11-9+. The van der Waals surface area contributed by atoms with Crippen molar-refractivity contribution in [3.05, 3.63) is 229 Å². The van der Waals surface area contributed by atoms with E-state index in [1.807, 2.05) is 113 Å². The molecular weight excluding hydrogens is 1100 g/mol. The van der Waals surface area contributed by atoms with Crippen LogP contribution in [-0.2, 0) is 0 Å². The van der Waals surface area contributed by atoms with Gasteiger partial charge in [-0.25, -0.2) is 9.36 Å². The molecule has 3 aliphatic carbocycles. The Balaban J connectivity index is 0.000000156. The number of nitriles is 1. The third kappa shape index (κ3) is 15.5. The molecular formula is C68H71N11O6S. The van der Waals surface area contributed by atoms with Crippen LogP contribution in [-0.4, -0.2) is 86.1 Å². The van der Waals surface area contributed by atoms with Gasteiger partial charge >= 0.3 is 0 Å². The number of aromatic nitrogens is 4. The van der Waals surface area contributed by atoms with E-state index >= 15 is 0 Å². The van der Waals surface area contributed by atoms with E-state index in [1.165, 1.54) is 11.8 Å². The summed E-state index contributed by atoms with van der Waals surface area (Å²) in [5.74, 6) is -0.162. The van der Waals surface area contributed by atoms with E-state index in [0.29, 0.717) is 67.7 Å². The van der Waals surface area contributed by atoms with Gasteiger partial charge in [-0.05, 0) is 139 Å². The fourth-order valence-electron chi connectivity index (χ4n) is 9.09. The number of ketones is 3. The number of allylic oxidation sites excluding steroid dienone is 2. The van der Waals surface area contributed by atoms with Crippen molar-refractivity contribution in [1.82, 2.24) is 35.5 Å². The zero-order chi connectivity index (χ0) is 61.8. The number of thioether (sulfide) groups is 1. The number of Topliss-reactive ketones (excluding diaryl/α,β-unsaturated/α-hetero) is 1. The Morgan fingerprint density at radius 3 is 1.20 bits per heavy atom. The molecule has 0 bridgehead atoms. The van der Waals surface area contributed by atoms with Crippen LogP contribution in [0.4, 0.5) is 17.3 Å². The largest absolute Gasteiger partial charge is 0.388 e. The number of nitrogens with one attached hydrogen (secondary N) is 4. The highest BCUT2D eigenvalue weighted by molar-refractivity contribution is 8.02. The lowest BCUT2D eigenvalue weighted by Gasteiger charge is -2.11. The first kappa shape index (κ1) is 62.2. The molecule has 0 aliphatic heterocycles. The molecule has 0 saturated heterocycles. The highest BCUT2D eigenvalue weighted by Gasteiger charge is 2.28. The van der Waals surface area contributed by atoms with E-state index in [1.54, 1.807) is 103 Å². The minimum Gasteiger partial charge on any atom is -0.388 e. The van der Waals surface area contributed by atoms with Gasteiger partial charge in [0.05, 0.1) is 33.9 Å². The molecule has 86 heavy (non-hydrogen) atoms. The number of hydrogen-bond donors (Lipinski definition) is 6. The smallest absolute Gasteiger partial charge is 0.251 e. The van der Waals surface area contributed by atoms with Crippen molar-refractivity contribution in [2.75, 3.05) is 30.1 Å². The van der Waals surface area contributed by atoms with Crippen LogP contribution in [0.1, 0.15) is 147 Å². The summed E-state index contributed by atoms with van der Waals surface area (Å²) in [7, 11) is 1.87. The number of hydrogen-bond acceptors (Lipinski definition) is 13.